The van der Waals surface area contributed by atoms with E-state index in [9.17, 15) is 19.0 Å². The number of unbranched alkanes of at least 4 members (excludes halogenated alkanes) is 7. The molecular weight excluding hydrogens is 507 g/mol. The number of hydrogen-bond donors (Lipinski definition) is 5. The first kappa shape index (κ1) is 31.3. The molecule has 2 aliphatic heterocycles. The molecule has 0 aromatic rings. The fraction of sp³-hybridized carbons (Fsp3) is 0.913. The van der Waals surface area contributed by atoms with E-state index in [1.807, 2.05) is 11.8 Å². The lowest BCUT2D eigenvalue weighted by atomic mass is 10.0. The van der Waals surface area contributed by atoms with E-state index in [1.54, 1.807) is 0 Å². The molecule has 0 spiro atoms. The smallest absolute Gasteiger partial charge is 0.315 e. The average molecular weight is 552 g/mol. The number of hydrogen-bond acceptors (Lipinski definition) is 9. The normalized spacial score (nSPS) is 22.6. The number of fused-ring (bicyclic) bond motifs is 1. The van der Waals surface area contributed by atoms with Gasteiger partial charge in [0.15, 0.2) is 0 Å². The Balaban J connectivity index is 1.34. The molecule has 2 saturated heterocycles. The number of rotatable bonds is 22. The standard InChI is InChI=1S/C23H45N4O7PS/c28-15-9-3-1-7-13-24-18-34-35(31,32)33-16-10-4-2-8-14-25-21(29)12-6-5-11-20-22-19(17-36-20)26-23(30)27-22/h19-20,22,24,28H,1-18H2,(H,25,29)(H,31,32)(H2,26,27,30)/p-1. The molecule has 2 rings (SSSR count). The van der Waals surface area contributed by atoms with E-state index in [4.69, 9.17) is 14.2 Å². The first-order valence-electron chi connectivity index (χ1n) is 13.3. The highest BCUT2D eigenvalue weighted by molar-refractivity contribution is 8.00. The van der Waals surface area contributed by atoms with E-state index < -0.39 is 7.82 Å². The molecule has 3 amide bonds. The van der Waals surface area contributed by atoms with Gasteiger partial charge in [-0.25, -0.2) is 4.79 Å². The van der Waals surface area contributed by atoms with Crippen molar-refractivity contribution in [3.05, 3.63) is 0 Å². The Labute approximate surface area is 219 Å². The molecule has 2 heterocycles. The molecule has 0 saturated carbocycles. The predicted octanol–water partition coefficient (Wildman–Crippen LogP) is 1.99. The SMILES string of the molecule is O=C(CCCCC1SCC2NC(=O)NC21)NCCCCCCOP(=O)([O-])OCNCCCCCCO. The van der Waals surface area contributed by atoms with Gasteiger partial charge < -0.3 is 35.0 Å². The Kier molecular flexibility index (Phi) is 16.0. The highest BCUT2D eigenvalue weighted by Gasteiger charge is 2.42. The summed E-state index contributed by atoms with van der Waals surface area (Å²) < 4.78 is 21.4. The third-order valence-electron chi connectivity index (χ3n) is 6.31. The summed E-state index contributed by atoms with van der Waals surface area (Å²) in [5.41, 5.74) is 0. The summed E-state index contributed by atoms with van der Waals surface area (Å²) in [5, 5.41) is 20.9. The van der Waals surface area contributed by atoms with Crippen molar-refractivity contribution in [3.8, 4) is 0 Å². The van der Waals surface area contributed by atoms with E-state index in [1.165, 1.54) is 0 Å². The van der Waals surface area contributed by atoms with Gasteiger partial charge in [0.25, 0.3) is 7.82 Å². The Morgan fingerprint density at radius 1 is 1.03 bits per heavy atom. The molecule has 2 fully saturated rings. The van der Waals surface area contributed by atoms with Gasteiger partial charge in [-0.05, 0) is 45.1 Å². The van der Waals surface area contributed by atoms with Crippen molar-refractivity contribution in [3.63, 3.8) is 0 Å². The average Bonchev–Trinajstić information content (AvgIpc) is 3.39. The van der Waals surface area contributed by atoms with Gasteiger partial charge >= 0.3 is 6.03 Å². The number of phosphoric ester groups is 1. The van der Waals surface area contributed by atoms with Gasteiger partial charge in [0, 0.05) is 30.6 Å². The third-order valence-corrected chi connectivity index (χ3v) is 8.76. The Bertz CT molecular complexity index is 691. The summed E-state index contributed by atoms with van der Waals surface area (Å²) in [7, 11) is -4.29. The maximum Gasteiger partial charge on any atom is 0.315 e. The van der Waals surface area contributed by atoms with Crippen molar-refractivity contribution >= 4 is 31.5 Å². The fourth-order valence-corrected chi connectivity index (χ4v) is 6.52. The van der Waals surface area contributed by atoms with Crippen LogP contribution < -0.4 is 26.2 Å². The lowest BCUT2D eigenvalue weighted by molar-refractivity contribution is -0.226. The molecule has 0 bridgehead atoms. The fourth-order valence-electron chi connectivity index (χ4n) is 4.30. The summed E-state index contributed by atoms with van der Waals surface area (Å²) in [4.78, 5) is 35.1. The Morgan fingerprint density at radius 3 is 2.58 bits per heavy atom. The second-order valence-electron chi connectivity index (χ2n) is 9.32. The van der Waals surface area contributed by atoms with E-state index >= 15 is 0 Å². The van der Waals surface area contributed by atoms with Gasteiger partial charge in [-0.15, -0.1) is 0 Å². The number of phosphoric acid groups is 1. The lowest BCUT2D eigenvalue weighted by Crippen LogP contribution is -2.36. The molecule has 210 valence electrons. The minimum absolute atomic E-state index is 0.0642. The second kappa shape index (κ2) is 18.4. The molecule has 0 aromatic heterocycles. The van der Waals surface area contributed by atoms with Crippen LogP contribution in [0.4, 0.5) is 4.79 Å². The number of nitrogens with one attached hydrogen (secondary N) is 4. The van der Waals surface area contributed by atoms with Gasteiger partial charge in [0.2, 0.25) is 5.91 Å². The van der Waals surface area contributed by atoms with Crippen LogP contribution in [-0.2, 0) is 18.4 Å². The summed E-state index contributed by atoms with van der Waals surface area (Å²) in [5.74, 6) is 1.02. The summed E-state index contributed by atoms with van der Waals surface area (Å²) in [6.07, 6.45) is 10.1. The number of carbonyl (C=O) groups excluding carboxylic acids is 2. The number of aliphatic hydroxyl groups excluding tert-OH is 1. The number of aliphatic hydroxyl groups is 1. The van der Waals surface area contributed by atoms with Crippen molar-refractivity contribution in [2.75, 3.05) is 38.8 Å². The maximum absolute atomic E-state index is 12.0. The highest BCUT2D eigenvalue weighted by atomic mass is 32.2. The van der Waals surface area contributed by atoms with Crippen molar-refractivity contribution in [1.82, 2.24) is 21.3 Å². The minimum Gasteiger partial charge on any atom is -0.756 e. The number of amides is 3. The topological polar surface area (TPSA) is 161 Å². The van der Waals surface area contributed by atoms with E-state index in [0.717, 1.165) is 70.0 Å². The minimum atomic E-state index is -4.29. The van der Waals surface area contributed by atoms with Crippen molar-refractivity contribution < 1.29 is 33.2 Å². The van der Waals surface area contributed by atoms with Gasteiger partial charge in [-0.1, -0.05) is 32.1 Å². The molecule has 36 heavy (non-hydrogen) atoms. The second-order valence-corrected chi connectivity index (χ2v) is 12.0. The largest absolute Gasteiger partial charge is 0.756 e. The van der Waals surface area contributed by atoms with Crippen LogP contribution in [0.15, 0.2) is 0 Å². The van der Waals surface area contributed by atoms with Crippen LogP contribution in [0.5, 0.6) is 0 Å². The molecule has 2 aliphatic rings. The number of thioether (sulfide) groups is 1. The molecule has 0 aromatic carbocycles. The summed E-state index contributed by atoms with van der Waals surface area (Å²) in [6, 6.07) is 0.393. The van der Waals surface area contributed by atoms with Crippen LogP contribution in [0, 0.1) is 0 Å². The summed E-state index contributed by atoms with van der Waals surface area (Å²) >= 11 is 1.89. The van der Waals surface area contributed by atoms with Gasteiger partial charge in [0.1, 0.15) is 6.73 Å². The molecule has 4 atom stereocenters. The molecule has 5 N–H and O–H groups in total. The third kappa shape index (κ3) is 13.6. The van der Waals surface area contributed by atoms with Crippen LogP contribution in [0.25, 0.3) is 0 Å². The first-order chi connectivity index (χ1) is 17.4. The monoisotopic (exact) mass is 551 g/mol. The van der Waals surface area contributed by atoms with Crippen LogP contribution in [-0.4, -0.2) is 73.2 Å². The molecule has 0 aliphatic carbocycles. The number of urea groups is 1. The van der Waals surface area contributed by atoms with E-state index in [0.29, 0.717) is 31.2 Å². The Hall–Kier alpha value is -0.880. The highest BCUT2D eigenvalue weighted by Crippen LogP contribution is 2.37. The molecule has 4 unspecified atom stereocenters. The van der Waals surface area contributed by atoms with Crippen molar-refractivity contribution in [2.45, 2.75) is 94.4 Å². The maximum atomic E-state index is 12.0. The quantitative estimate of drug-likeness (QED) is 0.0586. The zero-order valence-electron chi connectivity index (χ0n) is 21.2. The van der Waals surface area contributed by atoms with Crippen LogP contribution in [0.1, 0.15) is 77.0 Å². The molecule has 0 radical (unpaired) electrons. The molecule has 13 heteroatoms. The molecular formula is C23H44N4O7PS-. The predicted molar refractivity (Wildman–Crippen MR) is 139 cm³/mol. The van der Waals surface area contributed by atoms with E-state index in [-0.39, 0.29) is 44.0 Å². The Morgan fingerprint density at radius 2 is 1.78 bits per heavy atom. The molecule has 11 nitrogen and oxygen atoms in total. The van der Waals surface area contributed by atoms with Gasteiger partial charge in [-0.2, -0.15) is 11.8 Å². The lowest BCUT2D eigenvalue weighted by Gasteiger charge is -2.22. The van der Waals surface area contributed by atoms with Gasteiger partial charge in [0.05, 0.1) is 18.7 Å². The van der Waals surface area contributed by atoms with Crippen LogP contribution in [0.2, 0.25) is 0 Å². The van der Waals surface area contributed by atoms with Crippen LogP contribution in [0.3, 0.4) is 0 Å². The van der Waals surface area contributed by atoms with Crippen molar-refractivity contribution in [2.24, 2.45) is 0 Å². The van der Waals surface area contributed by atoms with Crippen molar-refractivity contribution in [1.29, 1.82) is 0 Å². The zero-order chi connectivity index (χ0) is 26.1. The first-order valence-corrected chi connectivity index (χ1v) is 15.8. The summed E-state index contributed by atoms with van der Waals surface area (Å²) in [6.45, 7) is 1.47. The van der Waals surface area contributed by atoms with E-state index in [2.05, 4.69) is 21.3 Å². The van der Waals surface area contributed by atoms with Gasteiger partial charge in [-0.3, -0.25) is 14.7 Å². The number of carbonyl (C=O) groups is 2. The van der Waals surface area contributed by atoms with Crippen LogP contribution >= 0.6 is 19.6 Å². The zero-order valence-corrected chi connectivity index (χ0v) is 22.9.